The summed E-state index contributed by atoms with van der Waals surface area (Å²) in [4.78, 5) is 10.7. The average Bonchev–Trinajstić information content (AvgIpc) is 1.88. The Bertz CT molecular complexity index is 133. The van der Waals surface area contributed by atoms with Crippen molar-refractivity contribution in [1.29, 1.82) is 0 Å². The molecule has 0 aliphatic carbocycles. The van der Waals surface area contributed by atoms with Crippen molar-refractivity contribution in [2.75, 3.05) is 20.3 Å². The Morgan fingerprint density at radius 2 is 2.20 bits per heavy atom. The molecule has 0 bridgehead atoms. The number of carbonyl (C=O) groups excluding carboxylic acids is 1. The molecule has 0 saturated carbocycles. The first kappa shape index (κ1) is 9.52. The Morgan fingerprint density at radius 1 is 1.60 bits per heavy atom. The average molecular weight is 162 g/mol. The van der Waals surface area contributed by atoms with Gasteiger partial charge in [-0.1, -0.05) is 6.58 Å². The lowest BCUT2D eigenvalue weighted by Gasteiger charge is -2.01. The van der Waals surface area contributed by atoms with Crippen LogP contribution in [0.5, 0.6) is 0 Å². The zero-order valence-electron chi connectivity index (χ0n) is 5.79. The van der Waals surface area contributed by atoms with Gasteiger partial charge in [-0.25, -0.2) is 4.79 Å². The van der Waals surface area contributed by atoms with E-state index in [0.29, 0.717) is 6.61 Å². The summed E-state index contributed by atoms with van der Waals surface area (Å²) in [6.07, 6.45) is 0. The van der Waals surface area contributed by atoms with Crippen molar-refractivity contribution in [3.05, 3.63) is 11.5 Å². The maximum atomic E-state index is 10.6. The van der Waals surface area contributed by atoms with Gasteiger partial charge in [0.05, 0.1) is 11.5 Å². The van der Waals surface area contributed by atoms with Crippen molar-refractivity contribution in [2.24, 2.45) is 0 Å². The second-order valence-corrected chi connectivity index (χ2v) is 2.12. The van der Waals surface area contributed by atoms with E-state index in [2.05, 4.69) is 28.7 Å². The van der Waals surface area contributed by atoms with Gasteiger partial charge in [0.1, 0.15) is 6.61 Å². The van der Waals surface area contributed by atoms with Gasteiger partial charge >= 0.3 is 5.97 Å². The Kier molecular flexibility index (Phi) is 5.06. The first-order valence-electron chi connectivity index (χ1n) is 2.72. The molecule has 10 heavy (non-hydrogen) atoms. The van der Waals surface area contributed by atoms with Crippen molar-refractivity contribution in [2.45, 2.75) is 0 Å². The fraction of sp³-hybridized carbons (Fsp3) is 0.500. The first-order chi connectivity index (χ1) is 4.68. The third kappa shape index (κ3) is 4.40. The number of ether oxygens (including phenoxy) is 2. The molecule has 0 amide bonds. The summed E-state index contributed by atoms with van der Waals surface area (Å²) in [5.41, 5.74) is 0. The second-order valence-electron chi connectivity index (χ2n) is 1.58. The molecule has 0 fully saturated rings. The molecule has 0 saturated heterocycles. The van der Waals surface area contributed by atoms with Crippen LogP contribution in [0.2, 0.25) is 0 Å². The summed E-state index contributed by atoms with van der Waals surface area (Å²) < 4.78 is 9.24. The Balaban J connectivity index is 3.31. The van der Waals surface area contributed by atoms with Crippen molar-refractivity contribution in [3.8, 4) is 0 Å². The Morgan fingerprint density at radius 3 is 2.60 bits per heavy atom. The van der Waals surface area contributed by atoms with E-state index < -0.39 is 5.97 Å². The molecule has 0 unspecified atom stereocenters. The smallest absolute Gasteiger partial charge is 0.343 e. The van der Waals surface area contributed by atoms with E-state index in [9.17, 15) is 4.79 Å². The fourth-order valence-electron chi connectivity index (χ4n) is 0.301. The van der Waals surface area contributed by atoms with Crippen molar-refractivity contribution in [1.82, 2.24) is 0 Å². The van der Waals surface area contributed by atoms with E-state index >= 15 is 0 Å². The van der Waals surface area contributed by atoms with E-state index in [1.54, 1.807) is 0 Å². The predicted molar refractivity (Wildman–Crippen MR) is 41.0 cm³/mol. The number of thiol groups is 1. The van der Waals surface area contributed by atoms with E-state index in [4.69, 9.17) is 0 Å². The van der Waals surface area contributed by atoms with Crippen LogP contribution < -0.4 is 0 Å². The molecule has 3 nitrogen and oxygen atoms in total. The maximum absolute atomic E-state index is 10.6. The van der Waals surface area contributed by atoms with Crippen molar-refractivity contribution in [3.63, 3.8) is 0 Å². The van der Waals surface area contributed by atoms with E-state index in [-0.39, 0.29) is 11.5 Å². The molecule has 58 valence electrons. The molecule has 0 aliphatic rings. The van der Waals surface area contributed by atoms with Gasteiger partial charge in [0.2, 0.25) is 0 Å². The van der Waals surface area contributed by atoms with Gasteiger partial charge in [-0.15, -0.1) is 12.6 Å². The van der Waals surface area contributed by atoms with Crippen LogP contribution >= 0.6 is 12.6 Å². The SMILES string of the molecule is C=C(S)C(=O)OCCOC. The number of hydrogen-bond donors (Lipinski definition) is 1. The van der Waals surface area contributed by atoms with E-state index in [1.807, 2.05) is 0 Å². The Hall–Kier alpha value is -0.480. The highest BCUT2D eigenvalue weighted by molar-refractivity contribution is 7.85. The summed E-state index contributed by atoms with van der Waals surface area (Å²) in [6.45, 7) is 3.92. The summed E-state index contributed by atoms with van der Waals surface area (Å²) in [5, 5.41) is 0. The lowest BCUT2D eigenvalue weighted by Crippen LogP contribution is -2.08. The van der Waals surface area contributed by atoms with Gasteiger partial charge in [-0.2, -0.15) is 0 Å². The summed E-state index contributed by atoms with van der Waals surface area (Å²) in [7, 11) is 1.53. The molecular weight excluding hydrogens is 152 g/mol. The molecule has 0 aromatic carbocycles. The van der Waals surface area contributed by atoms with Gasteiger partial charge in [-0.05, 0) is 0 Å². The minimum atomic E-state index is -0.500. The van der Waals surface area contributed by atoms with Gasteiger partial charge in [-0.3, -0.25) is 0 Å². The van der Waals surface area contributed by atoms with Gasteiger partial charge in [0.15, 0.2) is 0 Å². The van der Waals surface area contributed by atoms with Crippen LogP contribution in [0.25, 0.3) is 0 Å². The summed E-state index contributed by atoms with van der Waals surface area (Å²) in [6, 6.07) is 0. The highest BCUT2D eigenvalue weighted by atomic mass is 32.1. The lowest BCUT2D eigenvalue weighted by molar-refractivity contribution is -0.139. The van der Waals surface area contributed by atoms with E-state index in [0.717, 1.165) is 0 Å². The van der Waals surface area contributed by atoms with Crippen LogP contribution in [-0.2, 0) is 14.3 Å². The van der Waals surface area contributed by atoms with Crippen LogP contribution in [0.4, 0.5) is 0 Å². The van der Waals surface area contributed by atoms with Crippen LogP contribution in [-0.4, -0.2) is 26.3 Å². The number of rotatable bonds is 4. The molecule has 0 aromatic rings. The minimum absolute atomic E-state index is 0.108. The first-order valence-corrected chi connectivity index (χ1v) is 3.17. The van der Waals surface area contributed by atoms with Crippen LogP contribution in [0.1, 0.15) is 0 Å². The Labute approximate surface area is 65.4 Å². The fourth-order valence-corrected chi connectivity index (χ4v) is 0.366. The predicted octanol–water partition coefficient (Wildman–Crippen LogP) is 0.619. The number of carbonyl (C=O) groups is 1. The molecule has 0 spiro atoms. The second kappa shape index (κ2) is 5.32. The number of esters is 1. The molecule has 0 aromatic heterocycles. The molecule has 0 rings (SSSR count). The molecule has 0 N–H and O–H groups in total. The molecule has 0 heterocycles. The van der Waals surface area contributed by atoms with Crippen molar-refractivity contribution >= 4 is 18.6 Å². The van der Waals surface area contributed by atoms with Gasteiger partial charge in [0, 0.05) is 7.11 Å². The van der Waals surface area contributed by atoms with Crippen LogP contribution in [0.15, 0.2) is 11.5 Å². The van der Waals surface area contributed by atoms with Crippen molar-refractivity contribution < 1.29 is 14.3 Å². The van der Waals surface area contributed by atoms with Gasteiger partial charge < -0.3 is 9.47 Å². The normalized spacial score (nSPS) is 9.00. The highest BCUT2D eigenvalue weighted by Crippen LogP contribution is 1.97. The largest absolute Gasteiger partial charge is 0.459 e. The van der Waals surface area contributed by atoms with E-state index in [1.165, 1.54) is 7.11 Å². The topological polar surface area (TPSA) is 35.5 Å². The summed E-state index contributed by atoms with van der Waals surface area (Å²) >= 11 is 3.69. The standard InChI is InChI=1S/C6H10O3S/c1-5(10)6(7)9-4-3-8-2/h10H,1,3-4H2,2H3. The number of hydrogen-bond acceptors (Lipinski definition) is 4. The molecule has 4 heteroatoms. The summed E-state index contributed by atoms with van der Waals surface area (Å²) in [5.74, 6) is -0.500. The van der Waals surface area contributed by atoms with Crippen LogP contribution in [0.3, 0.4) is 0 Å². The minimum Gasteiger partial charge on any atom is -0.459 e. The molecule has 0 radical (unpaired) electrons. The number of methoxy groups -OCH3 is 1. The highest BCUT2D eigenvalue weighted by Gasteiger charge is 2.01. The molecule has 0 atom stereocenters. The quantitative estimate of drug-likeness (QED) is 0.285. The molecule has 0 aliphatic heterocycles. The third-order valence-corrected chi connectivity index (χ3v) is 0.939. The zero-order valence-corrected chi connectivity index (χ0v) is 6.69. The van der Waals surface area contributed by atoms with Crippen LogP contribution in [0, 0.1) is 0 Å². The van der Waals surface area contributed by atoms with Gasteiger partial charge in [0.25, 0.3) is 0 Å². The maximum Gasteiger partial charge on any atom is 0.343 e. The lowest BCUT2D eigenvalue weighted by atomic mass is 10.6. The zero-order chi connectivity index (χ0) is 7.98. The molecular formula is C6H10O3S. The monoisotopic (exact) mass is 162 g/mol. The third-order valence-electron chi connectivity index (χ3n) is 0.756.